The van der Waals surface area contributed by atoms with Gasteiger partial charge >= 0.3 is 0 Å². The minimum absolute atomic E-state index is 0.102. The maximum atomic E-state index is 6.66. The number of fused-ring (bicyclic) bond motifs is 12. The number of furan rings is 1. The molecule has 3 heterocycles. The molecule has 54 heavy (non-hydrogen) atoms. The molecule has 0 unspecified atom stereocenters. The van der Waals surface area contributed by atoms with Gasteiger partial charge in [0.2, 0.25) is 0 Å². The van der Waals surface area contributed by atoms with Gasteiger partial charge in [-0.25, -0.2) is 0 Å². The fourth-order valence-electron chi connectivity index (χ4n) is 9.70. The van der Waals surface area contributed by atoms with Crippen molar-refractivity contribution in [3.8, 4) is 33.6 Å². The van der Waals surface area contributed by atoms with Gasteiger partial charge in [-0.3, -0.25) is 0 Å². The zero-order valence-electron chi connectivity index (χ0n) is 30.0. The van der Waals surface area contributed by atoms with Crippen molar-refractivity contribution >= 4 is 65.6 Å². The first-order valence-corrected chi connectivity index (χ1v) is 18.8. The minimum atomic E-state index is -0.102. The highest BCUT2D eigenvalue weighted by atomic mass is 16.3. The standard InChI is InChI=1S/C51H34N2O/c1-51(2)40-20-9-6-16-34(40)37-29-38-35-17-7-10-21-42(35)53(46(38)30-41(37)51)45-24-13-25-48-50(45)39-28-31(26-27-47(39)54-48)33-19-12-23-44-49(33)36-18-8-11-22-43(36)52(44)32-14-4-3-5-15-32/h3-30H,1-2H3. The number of benzene rings is 8. The van der Waals surface area contributed by atoms with Crippen LogP contribution in [-0.2, 0) is 5.41 Å². The maximum absolute atomic E-state index is 6.66. The molecule has 3 heteroatoms. The van der Waals surface area contributed by atoms with E-state index in [4.69, 9.17) is 4.42 Å². The highest BCUT2D eigenvalue weighted by Gasteiger charge is 2.36. The number of nitrogens with zero attached hydrogens (tertiary/aromatic N) is 2. The van der Waals surface area contributed by atoms with E-state index in [2.05, 4.69) is 193 Å². The zero-order chi connectivity index (χ0) is 35.7. The fourth-order valence-corrected chi connectivity index (χ4v) is 9.70. The van der Waals surface area contributed by atoms with Crippen molar-refractivity contribution in [3.05, 3.63) is 181 Å². The molecule has 0 amide bonds. The molecule has 12 rings (SSSR count). The van der Waals surface area contributed by atoms with E-state index in [0.717, 1.165) is 33.3 Å². The van der Waals surface area contributed by atoms with Crippen molar-refractivity contribution in [2.75, 3.05) is 0 Å². The van der Waals surface area contributed by atoms with Crippen molar-refractivity contribution in [1.29, 1.82) is 0 Å². The highest BCUT2D eigenvalue weighted by Crippen LogP contribution is 2.51. The van der Waals surface area contributed by atoms with Crippen LogP contribution in [-0.4, -0.2) is 9.13 Å². The number of rotatable bonds is 3. The van der Waals surface area contributed by atoms with Gasteiger partial charge in [0.25, 0.3) is 0 Å². The molecule has 3 nitrogen and oxygen atoms in total. The lowest BCUT2D eigenvalue weighted by Gasteiger charge is -2.21. The predicted molar refractivity (Wildman–Crippen MR) is 225 cm³/mol. The summed E-state index contributed by atoms with van der Waals surface area (Å²) in [5, 5.41) is 7.26. The second kappa shape index (κ2) is 10.6. The average Bonchev–Trinajstić information content (AvgIpc) is 3.92. The van der Waals surface area contributed by atoms with Crippen LogP contribution in [0.1, 0.15) is 25.0 Å². The van der Waals surface area contributed by atoms with Crippen LogP contribution in [0, 0.1) is 0 Å². The maximum Gasteiger partial charge on any atom is 0.137 e. The van der Waals surface area contributed by atoms with E-state index in [9.17, 15) is 0 Å². The Balaban J connectivity index is 1.13. The van der Waals surface area contributed by atoms with E-state index in [-0.39, 0.29) is 5.41 Å². The Bertz CT molecular complexity index is 3350. The molecule has 0 radical (unpaired) electrons. The summed E-state index contributed by atoms with van der Waals surface area (Å²) in [4.78, 5) is 0. The van der Waals surface area contributed by atoms with Crippen LogP contribution in [0.25, 0.3) is 99.2 Å². The topological polar surface area (TPSA) is 23.0 Å². The van der Waals surface area contributed by atoms with Crippen molar-refractivity contribution in [3.63, 3.8) is 0 Å². The van der Waals surface area contributed by atoms with Gasteiger partial charge in [-0.1, -0.05) is 117 Å². The summed E-state index contributed by atoms with van der Waals surface area (Å²) >= 11 is 0. The van der Waals surface area contributed by atoms with E-state index in [0.29, 0.717) is 0 Å². The van der Waals surface area contributed by atoms with Gasteiger partial charge < -0.3 is 13.6 Å². The molecule has 0 N–H and O–H groups in total. The Morgan fingerprint density at radius 2 is 1.11 bits per heavy atom. The molecule has 8 aromatic carbocycles. The van der Waals surface area contributed by atoms with Crippen LogP contribution in [0.4, 0.5) is 0 Å². The lowest BCUT2D eigenvalue weighted by molar-refractivity contribution is 0.661. The summed E-state index contributed by atoms with van der Waals surface area (Å²) in [5.41, 5.74) is 16.6. The molecule has 0 bridgehead atoms. The van der Waals surface area contributed by atoms with Gasteiger partial charge in [0.1, 0.15) is 11.2 Å². The van der Waals surface area contributed by atoms with Crippen LogP contribution in [0.3, 0.4) is 0 Å². The molecular formula is C51H34N2O. The van der Waals surface area contributed by atoms with Gasteiger partial charge in [-0.05, 0) is 100 Å². The lowest BCUT2D eigenvalue weighted by atomic mass is 9.82. The van der Waals surface area contributed by atoms with Crippen molar-refractivity contribution in [2.45, 2.75) is 19.3 Å². The Hall–Kier alpha value is -6.84. The number of para-hydroxylation sites is 3. The Kier molecular flexibility index (Phi) is 5.84. The van der Waals surface area contributed by atoms with Crippen molar-refractivity contribution < 1.29 is 4.42 Å². The van der Waals surface area contributed by atoms with E-state index in [1.165, 1.54) is 77.0 Å². The highest BCUT2D eigenvalue weighted by molar-refractivity contribution is 6.18. The third-order valence-corrected chi connectivity index (χ3v) is 12.1. The van der Waals surface area contributed by atoms with E-state index >= 15 is 0 Å². The Morgan fingerprint density at radius 3 is 1.98 bits per heavy atom. The molecule has 0 spiro atoms. The van der Waals surface area contributed by atoms with Crippen LogP contribution in [0.5, 0.6) is 0 Å². The summed E-state index contributed by atoms with van der Waals surface area (Å²) in [6, 6.07) is 62.0. The van der Waals surface area contributed by atoms with E-state index in [1.54, 1.807) is 0 Å². The largest absolute Gasteiger partial charge is 0.456 e. The quantitative estimate of drug-likeness (QED) is 0.181. The third kappa shape index (κ3) is 3.85. The molecule has 0 aliphatic heterocycles. The van der Waals surface area contributed by atoms with Crippen molar-refractivity contribution in [1.82, 2.24) is 9.13 Å². The monoisotopic (exact) mass is 690 g/mol. The van der Waals surface area contributed by atoms with E-state index in [1.807, 2.05) is 0 Å². The van der Waals surface area contributed by atoms with Crippen molar-refractivity contribution in [2.24, 2.45) is 0 Å². The summed E-state index contributed by atoms with van der Waals surface area (Å²) in [6.07, 6.45) is 0. The summed E-state index contributed by atoms with van der Waals surface area (Å²) < 4.78 is 11.5. The molecule has 0 fully saturated rings. The first-order valence-electron chi connectivity index (χ1n) is 18.8. The average molecular weight is 691 g/mol. The fraction of sp³-hybridized carbons (Fsp3) is 0.0588. The summed E-state index contributed by atoms with van der Waals surface area (Å²) in [6.45, 7) is 4.72. The van der Waals surface area contributed by atoms with Crippen LogP contribution in [0.2, 0.25) is 0 Å². The molecule has 3 aromatic heterocycles. The first kappa shape index (κ1) is 29.7. The zero-order valence-corrected chi connectivity index (χ0v) is 30.0. The van der Waals surface area contributed by atoms with Crippen LogP contribution in [0.15, 0.2) is 174 Å². The molecule has 0 saturated carbocycles. The van der Waals surface area contributed by atoms with E-state index < -0.39 is 0 Å². The molecule has 1 aliphatic rings. The molecule has 11 aromatic rings. The second-order valence-electron chi connectivity index (χ2n) is 15.3. The molecule has 1 aliphatic carbocycles. The minimum Gasteiger partial charge on any atom is -0.456 e. The summed E-state index contributed by atoms with van der Waals surface area (Å²) in [7, 11) is 0. The predicted octanol–water partition coefficient (Wildman–Crippen LogP) is 13.8. The second-order valence-corrected chi connectivity index (χ2v) is 15.3. The Morgan fingerprint density at radius 1 is 0.407 bits per heavy atom. The molecular weight excluding hydrogens is 657 g/mol. The van der Waals surface area contributed by atoms with Gasteiger partial charge in [-0.2, -0.15) is 0 Å². The smallest absolute Gasteiger partial charge is 0.137 e. The molecule has 254 valence electrons. The summed E-state index contributed by atoms with van der Waals surface area (Å²) in [5.74, 6) is 0. The van der Waals surface area contributed by atoms with Gasteiger partial charge in [0.15, 0.2) is 0 Å². The Labute approximate surface area is 311 Å². The first-order chi connectivity index (χ1) is 26.6. The third-order valence-electron chi connectivity index (χ3n) is 12.1. The SMILES string of the molecule is CC1(C)c2ccccc2-c2cc3c4ccccc4n(-c4cccc5oc6ccc(-c7cccc8c7c7ccccc7n8-c7ccccc7)cc6c45)c3cc21. The normalized spacial score (nSPS) is 13.5. The van der Waals surface area contributed by atoms with Gasteiger partial charge in [0.05, 0.1) is 33.1 Å². The van der Waals surface area contributed by atoms with Crippen LogP contribution >= 0.6 is 0 Å². The number of hydrogen-bond donors (Lipinski definition) is 0. The molecule has 0 saturated heterocycles. The van der Waals surface area contributed by atoms with Gasteiger partial charge in [-0.15, -0.1) is 0 Å². The molecule has 0 atom stereocenters. The number of aromatic nitrogens is 2. The lowest BCUT2D eigenvalue weighted by Crippen LogP contribution is -2.14. The number of hydrogen-bond acceptors (Lipinski definition) is 1. The van der Waals surface area contributed by atoms with Crippen LogP contribution < -0.4 is 0 Å². The van der Waals surface area contributed by atoms with Gasteiger partial charge in [0, 0.05) is 38.0 Å².